The average molecular weight is 296 g/mol. The Kier molecular flexibility index (Phi) is 4.74. The number of nitrogens with one attached hydrogen (secondary N) is 1. The Labute approximate surface area is 132 Å². The number of fused-ring (bicyclic) bond motifs is 1. The van der Waals surface area contributed by atoms with E-state index < -0.39 is 0 Å². The molecule has 0 saturated carbocycles. The predicted octanol–water partition coefficient (Wildman–Crippen LogP) is 3.36. The minimum atomic E-state index is 0.0273. The molecule has 0 radical (unpaired) electrons. The van der Waals surface area contributed by atoms with Crippen molar-refractivity contribution < 1.29 is 4.79 Å². The number of carbonyl (C=O) groups is 1. The van der Waals surface area contributed by atoms with Gasteiger partial charge in [-0.25, -0.2) is 0 Å². The van der Waals surface area contributed by atoms with E-state index in [-0.39, 0.29) is 5.91 Å². The molecule has 0 unspecified atom stereocenters. The van der Waals surface area contributed by atoms with Crippen LogP contribution in [0.2, 0.25) is 0 Å². The third-order valence-electron chi connectivity index (χ3n) is 4.42. The van der Waals surface area contributed by atoms with Gasteiger partial charge >= 0.3 is 0 Å². The lowest BCUT2D eigenvalue weighted by Crippen LogP contribution is -2.37. The van der Waals surface area contributed by atoms with Crippen molar-refractivity contribution in [2.75, 3.05) is 26.2 Å². The second kappa shape index (κ2) is 6.93. The van der Waals surface area contributed by atoms with Crippen LogP contribution in [-0.4, -0.2) is 37.0 Å². The number of hydrogen-bond acceptors (Lipinski definition) is 2. The van der Waals surface area contributed by atoms with Crippen LogP contribution in [0.1, 0.15) is 35.2 Å². The van der Waals surface area contributed by atoms with Crippen LogP contribution in [0.25, 0.3) is 10.8 Å². The number of rotatable bonds is 4. The fourth-order valence-electron chi connectivity index (χ4n) is 3.12. The predicted molar refractivity (Wildman–Crippen MR) is 91.3 cm³/mol. The molecule has 0 spiro atoms. The van der Waals surface area contributed by atoms with E-state index >= 15 is 0 Å². The summed E-state index contributed by atoms with van der Waals surface area (Å²) < 4.78 is 0. The molecule has 1 fully saturated rings. The summed E-state index contributed by atoms with van der Waals surface area (Å²) in [5.74, 6) is 0.0273. The van der Waals surface area contributed by atoms with Gasteiger partial charge in [-0.15, -0.1) is 0 Å². The third kappa shape index (κ3) is 3.66. The molecule has 1 saturated heterocycles. The van der Waals surface area contributed by atoms with Crippen molar-refractivity contribution in [2.24, 2.45) is 0 Å². The molecule has 3 heteroatoms. The number of carbonyl (C=O) groups excluding carboxylic acids is 1. The number of hydrogen-bond donors (Lipinski definition) is 1. The number of likely N-dealkylation sites (tertiary alicyclic amines) is 1. The summed E-state index contributed by atoms with van der Waals surface area (Å²) in [7, 11) is 0. The maximum absolute atomic E-state index is 12.3. The maximum Gasteiger partial charge on any atom is 0.251 e. The Hall–Kier alpha value is -1.87. The minimum absolute atomic E-state index is 0.0273. The van der Waals surface area contributed by atoms with E-state index in [1.54, 1.807) is 0 Å². The first-order chi connectivity index (χ1) is 10.7. The Morgan fingerprint density at radius 1 is 1.05 bits per heavy atom. The molecular formula is C19H24N2O. The largest absolute Gasteiger partial charge is 0.351 e. The normalized spacial score (nSPS) is 15.9. The van der Waals surface area contributed by atoms with Gasteiger partial charge < -0.3 is 10.2 Å². The van der Waals surface area contributed by atoms with Crippen LogP contribution in [0, 0.1) is 6.92 Å². The van der Waals surface area contributed by atoms with Gasteiger partial charge in [0, 0.05) is 18.7 Å². The topological polar surface area (TPSA) is 32.3 Å². The summed E-state index contributed by atoms with van der Waals surface area (Å²) >= 11 is 0. The Morgan fingerprint density at radius 3 is 2.59 bits per heavy atom. The van der Waals surface area contributed by atoms with Crippen molar-refractivity contribution in [3.05, 3.63) is 47.5 Å². The van der Waals surface area contributed by atoms with Gasteiger partial charge in [0.2, 0.25) is 0 Å². The van der Waals surface area contributed by atoms with E-state index in [0.717, 1.165) is 24.0 Å². The fourth-order valence-corrected chi connectivity index (χ4v) is 3.12. The molecule has 1 N–H and O–H groups in total. The lowest BCUT2D eigenvalue weighted by molar-refractivity contribution is 0.0946. The van der Waals surface area contributed by atoms with Gasteiger partial charge in [0.1, 0.15) is 0 Å². The lowest BCUT2D eigenvalue weighted by Gasteiger charge is -2.26. The molecule has 1 amide bonds. The van der Waals surface area contributed by atoms with Crippen LogP contribution in [0.15, 0.2) is 36.4 Å². The summed E-state index contributed by atoms with van der Waals surface area (Å²) in [5.41, 5.74) is 1.99. The van der Waals surface area contributed by atoms with Crippen molar-refractivity contribution in [3.8, 4) is 0 Å². The first-order valence-corrected chi connectivity index (χ1v) is 8.23. The van der Waals surface area contributed by atoms with Crippen LogP contribution in [0.4, 0.5) is 0 Å². The van der Waals surface area contributed by atoms with Gasteiger partial charge in [0.05, 0.1) is 0 Å². The average Bonchev–Trinajstić information content (AvgIpc) is 2.55. The van der Waals surface area contributed by atoms with Crippen molar-refractivity contribution in [2.45, 2.75) is 26.2 Å². The van der Waals surface area contributed by atoms with Gasteiger partial charge in [-0.2, -0.15) is 0 Å². The lowest BCUT2D eigenvalue weighted by atomic mass is 10.0. The molecule has 2 aromatic carbocycles. The molecule has 116 valence electrons. The van der Waals surface area contributed by atoms with E-state index in [1.165, 1.54) is 43.3 Å². The monoisotopic (exact) mass is 296 g/mol. The molecule has 2 aromatic rings. The molecule has 3 rings (SSSR count). The molecule has 1 aliphatic rings. The Balaban J connectivity index is 1.58. The molecule has 0 aliphatic carbocycles. The second-order valence-corrected chi connectivity index (χ2v) is 6.22. The van der Waals surface area contributed by atoms with E-state index in [0.29, 0.717) is 0 Å². The molecule has 1 aliphatic heterocycles. The van der Waals surface area contributed by atoms with Gasteiger partial charge in [-0.3, -0.25) is 4.79 Å². The van der Waals surface area contributed by atoms with Crippen molar-refractivity contribution in [1.82, 2.24) is 10.2 Å². The molecule has 3 nitrogen and oxygen atoms in total. The summed E-state index contributed by atoms with van der Waals surface area (Å²) in [6.45, 7) is 6.11. The van der Waals surface area contributed by atoms with Crippen molar-refractivity contribution in [3.63, 3.8) is 0 Å². The summed E-state index contributed by atoms with van der Waals surface area (Å²) in [6.07, 6.45) is 3.93. The number of aryl methyl sites for hydroxylation is 1. The zero-order valence-electron chi connectivity index (χ0n) is 13.3. The SMILES string of the molecule is Cc1ccc2cc(C(=O)NCCN3CCCCC3)ccc2c1. The summed E-state index contributed by atoms with van der Waals surface area (Å²) in [5, 5.41) is 5.35. The highest BCUT2D eigenvalue weighted by Gasteiger charge is 2.11. The van der Waals surface area contributed by atoms with E-state index in [4.69, 9.17) is 0 Å². The molecular weight excluding hydrogens is 272 g/mol. The first kappa shape index (κ1) is 15.0. The van der Waals surface area contributed by atoms with E-state index in [1.807, 2.05) is 18.2 Å². The van der Waals surface area contributed by atoms with Crippen LogP contribution in [0.3, 0.4) is 0 Å². The van der Waals surface area contributed by atoms with Crippen molar-refractivity contribution in [1.29, 1.82) is 0 Å². The zero-order chi connectivity index (χ0) is 15.4. The molecule has 0 bridgehead atoms. The van der Waals surface area contributed by atoms with E-state index in [9.17, 15) is 4.79 Å². The highest BCUT2D eigenvalue weighted by Crippen LogP contribution is 2.17. The standard InChI is InChI=1S/C19H24N2O/c1-15-5-6-17-14-18(8-7-16(17)13-15)19(22)20-9-12-21-10-3-2-4-11-21/h5-8,13-14H,2-4,9-12H2,1H3,(H,20,22). The quantitative estimate of drug-likeness (QED) is 0.938. The smallest absolute Gasteiger partial charge is 0.251 e. The highest BCUT2D eigenvalue weighted by atomic mass is 16.1. The molecule has 1 heterocycles. The van der Waals surface area contributed by atoms with Crippen LogP contribution < -0.4 is 5.32 Å². The van der Waals surface area contributed by atoms with Crippen LogP contribution in [0.5, 0.6) is 0 Å². The number of nitrogens with zero attached hydrogens (tertiary/aromatic N) is 1. The summed E-state index contributed by atoms with van der Waals surface area (Å²) in [6, 6.07) is 12.2. The Morgan fingerprint density at radius 2 is 1.77 bits per heavy atom. The van der Waals surface area contributed by atoms with Gasteiger partial charge in [0.25, 0.3) is 5.91 Å². The van der Waals surface area contributed by atoms with E-state index in [2.05, 4.69) is 35.3 Å². The molecule has 0 aromatic heterocycles. The third-order valence-corrected chi connectivity index (χ3v) is 4.42. The van der Waals surface area contributed by atoms with Crippen LogP contribution in [-0.2, 0) is 0 Å². The first-order valence-electron chi connectivity index (χ1n) is 8.23. The van der Waals surface area contributed by atoms with Gasteiger partial charge in [-0.1, -0.05) is 36.2 Å². The van der Waals surface area contributed by atoms with Gasteiger partial charge in [-0.05, 0) is 55.8 Å². The Bertz CT molecular complexity index is 660. The molecule has 0 atom stereocenters. The zero-order valence-corrected chi connectivity index (χ0v) is 13.3. The highest BCUT2D eigenvalue weighted by molar-refractivity contribution is 5.98. The number of benzene rings is 2. The van der Waals surface area contributed by atoms with Gasteiger partial charge in [0.15, 0.2) is 0 Å². The van der Waals surface area contributed by atoms with Crippen molar-refractivity contribution >= 4 is 16.7 Å². The summed E-state index contributed by atoms with van der Waals surface area (Å²) in [4.78, 5) is 14.7. The fraction of sp³-hybridized carbons (Fsp3) is 0.421. The number of amides is 1. The van der Waals surface area contributed by atoms with Crippen LogP contribution >= 0.6 is 0 Å². The minimum Gasteiger partial charge on any atom is -0.351 e. The second-order valence-electron chi connectivity index (χ2n) is 6.22. The molecule has 22 heavy (non-hydrogen) atoms. The maximum atomic E-state index is 12.3. The number of piperidine rings is 1.